The zero-order valence-corrected chi connectivity index (χ0v) is 15.6. The third kappa shape index (κ3) is 5.35. The fraction of sp³-hybridized carbons (Fsp3) is 0.211. The molecule has 0 saturated carbocycles. The van der Waals surface area contributed by atoms with Crippen LogP contribution in [0, 0.1) is 6.92 Å². The molecule has 0 aliphatic heterocycles. The molecule has 0 aliphatic rings. The molecule has 3 rings (SSSR count). The van der Waals surface area contributed by atoms with Gasteiger partial charge in [0, 0.05) is 11.3 Å². The highest BCUT2D eigenvalue weighted by atomic mass is 32.2. The van der Waals surface area contributed by atoms with E-state index in [0.717, 1.165) is 12.1 Å². The topological polar surface area (TPSA) is 68.0 Å². The van der Waals surface area contributed by atoms with Gasteiger partial charge >= 0.3 is 6.18 Å². The van der Waals surface area contributed by atoms with E-state index in [1.807, 2.05) is 0 Å². The molecule has 28 heavy (non-hydrogen) atoms. The normalized spacial score (nSPS) is 11.4. The highest BCUT2D eigenvalue weighted by Crippen LogP contribution is 2.30. The van der Waals surface area contributed by atoms with Crippen LogP contribution in [0.3, 0.4) is 0 Å². The average Bonchev–Trinajstić information content (AvgIpc) is 3.17. The Hall–Kier alpha value is -2.81. The Morgan fingerprint density at radius 3 is 2.57 bits per heavy atom. The monoisotopic (exact) mass is 407 g/mol. The van der Waals surface area contributed by atoms with Crippen LogP contribution in [0.4, 0.5) is 13.2 Å². The minimum absolute atomic E-state index is 0.142. The van der Waals surface area contributed by atoms with E-state index in [0.29, 0.717) is 34.4 Å². The number of hydrogen-bond acceptors (Lipinski definition) is 5. The maximum atomic E-state index is 12.7. The maximum Gasteiger partial charge on any atom is 0.416 e. The first-order valence-electron chi connectivity index (χ1n) is 8.26. The molecule has 2 heterocycles. The van der Waals surface area contributed by atoms with Crippen molar-refractivity contribution in [2.45, 2.75) is 24.7 Å². The van der Waals surface area contributed by atoms with Gasteiger partial charge in [-0.05, 0) is 37.3 Å². The van der Waals surface area contributed by atoms with Gasteiger partial charge in [-0.1, -0.05) is 23.9 Å². The van der Waals surface area contributed by atoms with Crippen molar-refractivity contribution in [3.63, 3.8) is 0 Å². The SMILES string of the molecule is Cc1cc(SCC(=O)NCc2ccco2)nc(-c2ccc(C(F)(F)F)cc2)n1. The van der Waals surface area contributed by atoms with Crippen LogP contribution in [0.2, 0.25) is 0 Å². The van der Waals surface area contributed by atoms with Gasteiger partial charge in [-0.3, -0.25) is 4.79 Å². The van der Waals surface area contributed by atoms with E-state index in [1.165, 1.54) is 30.2 Å². The van der Waals surface area contributed by atoms with Crippen molar-refractivity contribution in [2.24, 2.45) is 0 Å². The number of alkyl halides is 3. The highest BCUT2D eigenvalue weighted by Gasteiger charge is 2.30. The van der Waals surface area contributed by atoms with Gasteiger partial charge in [0.2, 0.25) is 5.91 Å². The number of rotatable bonds is 6. The van der Waals surface area contributed by atoms with Crippen molar-refractivity contribution < 1.29 is 22.4 Å². The fourth-order valence-electron chi connectivity index (χ4n) is 2.34. The van der Waals surface area contributed by atoms with E-state index in [2.05, 4.69) is 15.3 Å². The molecule has 1 amide bonds. The molecule has 146 valence electrons. The molecule has 0 radical (unpaired) electrons. The highest BCUT2D eigenvalue weighted by molar-refractivity contribution is 7.99. The Labute approximate surface area is 163 Å². The summed E-state index contributed by atoms with van der Waals surface area (Å²) < 4.78 is 43.2. The van der Waals surface area contributed by atoms with Crippen molar-refractivity contribution in [1.29, 1.82) is 0 Å². The zero-order chi connectivity index (χ0) is 20.1. The number of aromatic nitrogens is 2. The molecule has 0 bridgehead atoms. The second kappa shape index (κ2) is 8.47. The Bertz CT molecular complexity index is 942. The number of halogens is 3. The number of hydrogen-bond donors (Lipinski definition) is 1. The van der Waals surface area contributed by atoms with E-state index in [4.69, 9.17) is 4.42 Å². The van der Waals surface area contributed by atoms with Crippen LogP contribution in [0.1, 0.15) is 17.0 Å². The Balaban J connectivity index is 1.65. The lowest BCUT2D eigenvalue weighted by molar-refractivity contribution is -0.137. The van der Waals surface area contributed by atoms with E-state index in [-0.39, 0.29) is 11.7 Å². The van der Waals surface area contributed by atoms with Crippen LogP contribution in [0.5, 0.6) is 0 Å². The molecule has 0 fully saturated rings. The lowest BCUT2D eigenvalue weighted by Gasteiger charge is -2.09. The van der Waals surface area contributed by atoms with Crippen LogP contribution in [-0.4, -0.2) is 21.6 Å². The molecule has 0 spiro atoms. The Morgan fingerprint density at radius 1 is 1.18 bits per heavy atom. The third-order valence-corrected chi connectivity index (χ3v) is 4.60. The molecule has 0 atom stereocenters. The van der Waals surface area contributed by atoms with Crippen LogP contribution in [-0.2, 0) is 17.5 Å². The molecule has 3 aromatic rings. The summed E-state index contributed by atoms with van der Waals surface area (Å²) in [6.45, 7) is 2.06. The maximum absolute atomic E-state index is 12.7. The molecule has 1 N–H and O–H groups in total. The van der Waals surface area contributed by atoms with Crippen LogP contribution in [0.25, 0.3) is 11.4 Å². The van der Waals surface area contributed by atoms with Crippen molar-refractivity contribution in [2.75, 3.05) is 5.75 Å². The molecule has 2 aromatic heterocycles. The van der Waals surface area contributed by atoms with Crippen molar-refractivity contribution in [1.82, 2.24) is 15.3 Å². The average molecular weight is 407 g/mol. The van der Waals surface area contributed by atoms with Gasteiger partial charge in [-0.15, -0.1) is 0 Å². The smallest absolute Gasteiger partial charge is 0.416 e. The van der Waals surface area contributed by atoms with Crippen molar-refractivity contribution in [3.05, 3.63) is 65.7 Å². The van der Waals surface area contributed by atoms with Gasteiger partial charge in [-0.2, -0.15) is 13.2 Å². The summed E-state index contributed by atoms with van der Waals surface area (Å²) in [5, 5.41) is 3.30. The summed E-state index contributed by atoms with van der Waals surface area (Å²) in [6, 6.07) is 9.88. The van der Waals surface area contributed by atoms with Gasteiger partial charge in [0.1, 0.15) is 10.8 Å². The van der Waals surface area contributed by atoms with E-state index < -0.39 is 11.7 Å². The second-order valence-corrected chi connectivity index (χ2v) is 6.89. The predicted octanol–water partition coefficient (Wildman–Crippen LogP) is 4.47. The lowest BCUT2D eigenvalue weighted by atomic mass is 10.1. The molecule has 0 saturated heterocycles. The molecule has 9 heteroatoms. The largest absolute Gasteiger partial charge is 0.467 e. The number of nitrogens with zero attached hydrogens (tertiary/aromatic N) is 2. The number of furan rings is 1. The molecular weight excluding hydrogens is 391 g/mol. The van der Waals surface area contributed by atoms with Crippen LogP contribution in [0.15, 0.2) is 58.2 Å². The lowest BCUT2D eigenvalue weighted by Crippen LogP contribution is -2.24. The molecule has 5 nitrogen and oxygen atoms in total. The number of thioether (sulfide) groups is 1. The van der Waals surface area contributed by atoms with Gasteiger partial charge in [-0.25, -0.2) is 9.97 Å². The van der Waals surface area contributed by atoms with Gasteiger partial charge in [0.15, 0.2) is 5.82 Å². The predicted molar refractivity (Wildman–Crippen MR) is 98.5 cm³/mol. The van der Waals surface area contributed by atoms with Crippen LogP contribution < -0.4 is 5.32 Å². The molecule has 0 unspecified atom stereocenters. The van der Waals surface area contributed by atoms with Crippen molar-refractivity contribution >= 4 is 17.7 Å². The standard InChI is InChI=1S/C19H16F3N3O2S/c1-12-9-17(28-11-16(26)23-10-15-3-2-8-27-15)25-18(24-12)13-4-6-14(7-5-13)19(20,21)22/h2-9H,10-11H2,1H3,(H,23,26). The van der Waals surface area contributed by atoms with Gasteiger partial charge in [0.05, 0.1) is 24.1 Å². The van der Waals surface area contributed by atoms with Gasteiger partial charge in [0.25, 0.3) is 0 Å². The summed E-state index contributed by atoms with van der Waals surface area (Å²) in [6.07, 6.45) is -2.86. The first-order chi connectivity index (χ1) is 13.3. The van der Waals surface area contributed by atoms with E-state index >= 15 is 0 Å². The van der Waals surface area contributed by atoms with E-state index in [1.54, 1.807) is 25.1 Å². The minimum atomic E-state index is -4.39. The summed E-state index contributed by atoms with van der Waals surface area (Å²) in [5.74, 6) is 0.922. The van der Waals surface area contributed by atoms with Crippen molar-refractivity contribution in [3.8, 4) is 11.4 Å². The summed E-state index contributed by atoms with van der Waals surface area (Å²) in [4.78, 5) is 20.6. The molecular formula is C19H16F3N3O2S. The summed E-state index contributed by atoms with van der Waals surface area (Å²) in [7, 11) is 0. The number of carbonyl (C=O) groups is 1. The number of aryl methyl sites for hydroxylation is 1. The summed E-state index contributed by atoms with van der Waals surface area (Å²) in [5.41, 5.74) is 0.399. The number of amides is 1. The third-order valence-electron chi connectivity index (χ3n) is 3.69. The Kier molecular flexibility index (Phi) is 6.03. The quantitative estimate of drug-likeness (QED) is 0.482. The second-order valence-electron chi connectivity index (χ2n) is 5.89. The minimum Gasteiger partial charge on any atom is -0.467 e. The molecule has 1 aromatic carbocycles. The number of carbonyl (C=O) groups excluding carboxylic acids is 1. The summed E-state index contributed by atoms with van der Waals surface area (Å²) >= 11 is 1.22. The number of benzene rings is 1. The fourth-order valence-corrected chi connectivity index (χ4v) is 3.13. The molecule has 0 aliphatic carbocycles. The Morgan fingerprint density at radius 2 is 1.93 bits per heavy atom. The van der Waals surface area contributed by atoms with Crippen LogP contribution >= 0.6 is 11.8 Å². The van der Waals surface area contributed by atoms with Gasteiger partial charge < -0.3 is 9.73 Å². The number of nitrogens with one attached hydrogen (secondary N) is 1. The first kappa shape index (κ1) is 19.9. The van der Waals surface area contributed by atoms with E-state index in [9.17, 15) is 18.0 Å². The first-order valence-corrected chi connectivity index (χ1v) is 9.25. The zero-order valence-electron chi connectivity index (χ0n) is 14.8.